The summed E-state index contributed by atoms with van der Waals surface area (Å²) in [5, 5.41) is 0. The summed E-state index contributed by atoms with van der Waals surface area (Å²) in [4.78, 5) is 0. The first kappa shape index (κ1) is 11.3. The van der Waals surface area contributed by atoms with Crippen molar-refractivity contribution in [2.45, 2.75) is 0 Å². The zero-order valence-electron chi connectivity index (χ0n) is 9.31. The standard InChI is InChI=1S/C13H12FNO2/c1-16-10-3-2-4-11(8-10)17-13-6-5-9(15)7-12(13)14/h2-8H,15H2,1H3. The third-order valence-corrected chi connectivity index (χ3v) is 2.22. The van der Waals surface area contributed by atoms with Crippen molar-refractivity contribution in [2.24, 2.45) is 0 Å². The van der Waals surface area contributed by atoms with Crippen LogP contribution in [0.15, 0.2) is 42.5 Å². The van der Waals surface area contributed by atoms with Crippen molar-refractivity contribution in [1.82, 2.24) is 0 Å². The second-order valence-electron chi connectivity index (χ2n) is 3.47. The molecule has 0 aliphatic rings. The fourth-order valence-electron chi connectivity index (χ4n) is 1.39. The Morgan fingerprint density at radius 2 is 1.82 bits per heavy atom. The fourth-order valence-corrected chi connectivity index (χ4v) is 1.39. The molecule has 2 N–H and O–H groups in total. The van der Waals surface area contributed by atoms with Gasteiger partial charge in [-0.1, -0.05) is 6.07 Å². The van der Waals surface area contributed by atoms with Gasteiger partial charge in [0.05, 0.1) is 7.11 Å². The highest BCUT2D eigenvalue weighted by molar-refractivity contribution is 5.44. The molecular formula is C13H12FNO2. The predicted octanol–water partition coefficient (Wildman–Crippen LogP) is 3.21. The molecule has 3 nitrogen and oxygen atoms in total. The van der Waals surface area contributed by atoms with E-state index in [1.165, 1.54) is 12.1 Å². The lowest BCUT2D eigenvalue weighted by molar-refractivity contribution is 0.405. The first-order chi connectivity index (χ1) is 8.19. The van der Waals surface area contributed by atoms with Crippen LogP contribution in [-0.4, -0.2) is 7.11 Å². The quantitative estimate of drug-likeness (QED) is 0.828. The summed E-state index contributed by atoms with van der Waals surface area (Å²) in [6.07, 6.45) is 0. The Kier molecular flexibility index (Phi) is 3.14. The number of ether oxygens (including phenoxy) is 2. The van der Waals surface area contributed by atoms with Gasteiger partial charge in [0, 0.05) is 17.8 Å². The van der Waals surface area contributed by atoms with Crippen molar-refractivity contribution >= 4 is 5.69 Å². The highest BCUT2D eigenvalue weighted by atomic mass is 19.1. The van der Waals surface area contributed by atoms with Crippen molar-refractivity contribution in [3.63, 3.8) is 0 Å². The molecule has 0 aliphatic carbocycles. The van der Waals surface area contributed by atoms with Gasteiger partial charge in [0.15, 0.2) is 11.6 Å². The molecule has 0 saturated heterocycles. The van der Waals surface area contributed by atoms with Crippen LogP contribution < -0.4 is 15.2 Å². The average Bonchev–Trinajstić information content (AvgIpc) is 2.33. The number of anilines is 1. The maximum absolute atomic E-state index is 13.5. The number of halogens is 1. The molecule has 17 heavy (non-hydrogen) atoms. The minimum atomic E-state index is -0.493. The molecular weight excluding hydrogens is 221 g/mol. The first-order valence-electron chi connectivity index (χ1n) is 5.06. The molecule has 2 aromatic carbocycles. The summed E-state index contributed by atoms with van der Waals surface area (Å²) in [6, 6.07) is 11.2. The second-order valence-corrected chi connectivity index (χ2v) is 3.47. The van der Waals surface area contributed by atoms with E-state index >= 15 is 0 Å². The molecule has 0 saturated carbocycles. The van der Waals surface area contributed by atoms with E-state index in [1.807, 2.05) is 0 Å². The third-order valence-electron chi connectivity index (χ3n) is 2.22. The van der Waals surface area contributed by atoms with Gasteiger partial charge in [0.25, 0.3) is 0 Å². The van der Waals surface area contributed by atoms with E-state index in [-0.39, 0.29) is 5.75 Å². The Morgan fingerprint density at radius 1 is 1.06 bits per heavy atom. The molecule has 2 rings (SSSR count). The van der Waals surface area contributed by atoms with Crippen LogP contribution in [0.2, 0.25) is 0 Å². The number of methoxy groups -OCH3 is 1. The molecule has 0 unspecified atom stereocenters. The molecule has 0 heterocycles. The number of benzene rings is 2. The van der Waals surface area contributed by atoms with Crippen molar-refractivity contribution < 1.29 is 13.9 Å². The Hall–Kier alpha value is -2.23. The number of rotatable bonds is 3. The SMILES string of the molecule is COc1cccc(Oc2ccc(N)cc2F)c1. The van der Waals surface area contributed by atoms with E-state index in [4.69, 9.17) is 15.2 Å². The van der Waals surface area contributed by atoms with Gasteiger partial charge >= 0.3 is 0 Å². The van der Waals surface area contributed by atoms with Gasteiger partial charge in [-0.3, -0.25) is 0 Å². The molecule has 0 bridgehead atoms. The Bertz CT molecular complexity index is 529. The molecule has 2 aromatic rings. The summed E-state index contributed by atoms with van der Waals surface area (Å²) < 4.78 is 23.9. The molecule has 0 radical (unpaired) electrons. The number of nitrogen functional groups attached to an aromatic ring is 1. The van der Waals surface area contributed by atoms with Crippen LogP contribution >= 0.6 is 0 Å². The molecule has 4 heteroatoms. The van der Waals surface area contributed by atoms with Crippen LogP contribution in [0.4, 0.5) is 10.1 Å². The van der Waals surface area contributed by atoms with Crippen LogP contribution in [0, 0.1) is 5.82 Å². The zero-order chi connectivity index (χ0) is 12.3. The Labute approximate surface area is 98.6 Å². The minimum absolute atomic E-state index is 0.132. The van der Waals surface area contributed by atoms with Crippen molar-refractivity contribution in [1.29, 1.82) is 0 Å². The van der Waals surface area contributed by atoms with Crippen molar-refractivity contribution in [2.75, 3.05) is 12.8 Å². The lowest BCUT2D eigenvalue weighted by atomic mass is 10.3. The molecule has 0 atom stereocenters. The molecule has 88 valence electrons. The largest absolute Gasteiger partial charge is 0.497 e. The van der Waals surface area contributed by atoms with Gasteiger partial charge in [-0.25, -0.2) is 4.39 Å². The number of hydrogen-bond acceptors (Lipinski definition) is 3. The van der Waals surface area contributed by atoms with E-state index in [0.717, 1.165) is 0 Å². The second kappa shape index (κ2) is 4.74. The highest BCUT2D eigenvalue weighted by Gasteiger charge is 2.05. The summed E-state index contributed by atoms with van der Waals surface area (Å²) in [5.74, 6) is 0.798. The van der Waals surface area contributed by atoms with E-state index in [1.54, 1.807) is 37.4 Å². The van der Waals surface area contributed by atoms with E-state index in [2.05, 4.69) is 0 Å². The topological polar surface area (TPSA) is 44.5 Å². The zero-order valence-corrected chi connectivity index (χ0v) is 9.31. The third kappa shape index (κ3) is 2.66. The lowest BCUT2D eigenvalue weighted by Crippen LogP contribution is -1.91. The molecule has 0 fully saturated rings. The van der Waals surface area contributed by atoms with Crippen LogP contribution in [-0.2, 0) is 0 Å². The molecule has 0 spiro atoms. The summed E-state index contributed by atoms with van der Waals surface area (Å²) in [7, 11) is 1.56. The van der Waals surface area contributed by atoms with Crippen LogP contribution in [0.3, 0.4) is 0 Å². The maximum atomic E-state index is 13.5. The van der Waals surface area contributed by atoms with Gasteiger partial charge in [-0.05, 0) is 24.3 Å². The Morgan fingerprint density at radius 3 is 2.53 bits per heavy atom. The lowest BCUT2D eigenvalue weighted by Gasteiger charge is -2.08. The monoisotopic (exact) mass is 233 g/mol. The van der Waals surface area contributed by atoms with Gasteiger partial charge in [0.2, 0.25) is 0 Å². The van der Waals surface area contributed by atoms with Gasteiger partial charge in [-0.2, -0.15) is 0 Å². The van der Waals surface area contributed by atoms with Crippen molar-refractivity contribution in [3.05, 3.63) is 48.3 Å². The molecule has 0 amide bonds. The van der Waals surface area contributed by atoms with E-state index in [9.17, 15) is 4.39 Å². The predicted molar refractivity (Wildman–Crippen MR) is 63.9 cm³/mol. The van der Waals surface area contributed by atoms with E-state index < -0.39 is 5.82 Å². The number of hydrogen-bond donors (Lipinski definition) is 1. The average molecular weight is 233 g/mol. The molecule has 0 aliphatic heterocycles. The smallest absolute Gasteiger partial charge is 0.167 e. The van der Waals surface area contributed by atoms with Crippen LogP contribution in [0.5, 0.6) is 17.2 Å². The summed E-state index contributed by atoms with van der Waals surface area (Å²) in [6.45, 7) is 0. The van der Waals surface area contributed by atoms with Crippen molar-refractivity contribution in [3.8, 4) is 17.2 Å². The highest BCUT2D eigenvalue weighted by Crippen LogP contribution is 2.27. The van der Waals surface area contributed by atoms with Crippen LogP contribution in [0.1, 0.15) is 0 Å². The van der Waals surface area contributed by atoms with E-state index in [0.29, 0.717) is 17.2 Å². The van der Waals surface area contributed by atoms with Gasteiger partial charge in [0.1, 0.15) is 11.5 Å². The van der Waals surface area contributed by atoms with Gasteiger partial charge in [-0.15, -0.1) is 0 Å². The Balaban J connectivity index is 2.25. The maximum Gasteiger partial charge on any atom is 0.167 e. The first-order valence-corrected chi connectivity index (χ1v) is 5.06. The summed E-state index contributed by atoms with van der Waals surface area (Å²) in [5.41, 5.74) is 5.81. The summed E-state index contributed by atoms with van der Waals surface area (Å²) >= 11 is 0. The normalized spacial score (nSPS) is 10.0. The number of nitrogens with two attached hydrogens (primary N) is 1. The van der Waals surface area contributed by atoms with Gasteiger partial charge < -0.3 is 15.2 Å². The molecule has 0 aromatic heterocycles. The fraction of sp³-hybridized carbons (Fsp3) is 0.0769. The van der Waals surface area contributed by atoms with Crippen LogP contribution in [0.25, 0.3) is 0 Å². The minimum Gasteiger partial charge on any atom is -0.497 e.